The number of halogens is 1. The second-order valence-electron chi connectivity index (χ2n) is 6.81. The molecule has 1 rings (SSSR count). The molecule has 7 heteroatoms. The highest BCUT2D eigenvalue weighted by atomic mass is 35.5. The maximum atomic E-state index is 12.5. The molecular weight excluding hydrogens is 350 g/mol. The Morgan fingerprint density at radius 3 is 2.33 bits per heavy atom. The first kappa shape index (κ1) is 20.8. The van der Waals surface area contributed by atoms with Gasteiger partial charge in [-0.1, -0.05) is 39.3 Å². The van der Waals surface area contributed by atoms with Crippen LogP contribution in [0.1, 0.15) is 39.7 Å². The number of hydrogen-bond donors (Lipinski definition) is 0. The Hall–Kier alpha value is -1.27. The first-order chi connectivity index (χ1) is 11.0. The largest absolute Gasteiger partial charge is 0.382 e. The normalized spacial score (nSPS) is 11.8. The Morgan fingerprint density at radius 1 is 1.21 bits per heavy atom. The molecule has 0 N–H and O–H groups in total. The molecule has 0 aliphatic rings. The monoisotopic (exact) mass is 375 g/mol. The van der Waals surface area contributed by atoms with E-state index in [0.29, 0.717) is 29.5 Å². The van der Waals surface area contributed by atoms with E-state index in [0.717, 1.165) is 6.26 Å². The maximum absolute atomic E-state index is 12.5. The molecule has 0 unspecified atom stereocenters. The van der Waals surface area contributed by atoms with E-state index in [-0.39, 0.29) is 24.1 Å². The van der Waals surface area contributed by atoms with Gasteiger partial charge < -0.3 is 9.08 Å². The summed E-state index contributed by atoms with van der Waals surface area (Å²) < 4.78 is 27.9. The fourth-order valence-electron chi connectivity index (χ4n) is 2.30. The van der Waals surface area contributed by atoms with Gasteiger partial charge >= 0.3 is 10.1 Å². The molecule has 0 spiro atoms. The van der Waals surface area contributed by atoms with E-state index in [1.807, 2.05) is 27.7 Å². The van der Waals surface area contributed by atoms with Gasteiger partial charge in [0.05, 0.1) is 6.26 Å². The Balaban J connectivity index is 3.11. The minimum atomic E-state index is -3.66. The van der Waals surface area contributed by atoms with Crippen LogP contribution in [0.3, 0.4) is 0 Å². The van der Waals surface area contributed by atoms with Crippen LogP contribution in [0.25, 0.3) is 0 Å². The predicted octanol–water partition coefficient (Wildman–Crippen LogP) is 3.71. The third-order valence-electron chi connectivity index (χ3n) is 3.15. The zero-order valence-corrected chi connectivity index (χ0v) is 16.4. The number of nitrogens with zero attached hydrogens (tertiary/aromatic N) is 1. The van der Waals surface area contributed by atoms with Crippen molar-refractivity contribution in [3.63, 3.8) is 0 Å². The van der Waals surface area contributed by atoms with Gasteiger partial charge in [-0.25, -0.2) is 0 Å². The third-order valence-corrected chi connectivity index (χ3v) is 3.86. The van der Waals surface area contributed by atoms with Crippen molar-refractivity contribution in [1.82, 2.24) is 4.90 Å². The molecule has 1 aromatic rings. The Labute approximate surface area is 150 Å². The molecule has 1 aromatic carbocycles. The molecule has 5 nitrogen and oxygen atoms in total. The predicted molar refractivity (Wildman–Crippen MR) is 96.6 cm³/mol. The number of hydrogen-bond acceptors (Lipinski definition) is 4. The molecule has 0 aromatic heterocycles. The van der Waals surface area contributed by atoms with Crippen molar-refractivity contribution in [3.8, 4) is 5.75 Å². The van der Waals surface area contributed by atoms with Gasteiger partial charge in [0.15, 0.2) is 0 Å². The Kier molecular flexibility index (Phi) is 7.55. The minimum absolute atomic E-state index is 0.0315. The lowest BCUT2D eigenvalue weighted by Gasteiger charge is -2.26. The average molecular weight is 376 g/mol. The van der Waals surface area contributed by atoms with Crippen LogP contribution in [0.5, 0.6) is 5.75 Å². The van der Waals surface area contributed by atoms with Gasteiger partial charge in [-0.3, -0.25) is 4.79 Å². The van der Waals surface area contributed by atoms with Crippen molar-refractivity contribution < 1.29 is 17.4 Å². The van der Waals surface area contributed by atoms with E-state index >= 15 is 0 Å². The molecule has 0 saturated heterocycles. The maximum Gasteiger partial charge on any atom is 0.306 e. The van der Waals surface area contributed by atoms with E-state index in [4.69, 9.17) is 15.8 Å². The van der Waals surface area contributed by atoms with Crippen LogP contribution in [0.4, 0.5) is 0 Å². The van der Waals surface area contributed by atoms with Crippen molar-refractivity contribution in [2.24, 2.45) is 11.8 Å². The third kappa shape index (κ3) is 7.53. The van der Waals surface area contributed by atoms with Crippen molar-refractivity contribution in [2.45, 2.75) is 40.7 Å². The Morgan fingerprint density at radius 2 is 1.83 bits per heavy atom. The molecule has 0 heterocycles. The molecule has 0 aliphatic carbocycles. The molecule has 0 atom stereocenters. The van der Waals surface area contributed by atoms with Crippen LogP contribution in [-0.2, 0) is 21.5 Å². The highest BCUT2D eigenvalue weighted by Crippen LogP contribution is 2.26. The van der Waals surface area contributed by atoms with Gasteiger partial charge in [0.1, 0.15) is 5.75 Å². The van der Waals surface area contributed by atoms with Crippen LogP contribution in [-0.4, -0.2) is 32.0 Å². The fraction of sp³-hybridized carbons (Fsp3) is 0.588. The molecule has 0 radical (unpaired) electrons. The van der Waals surface area contributed by atoms with E-state index in [1.54, 1.807) is 17.0 Å². The number of benzene rings is 1. The lowest BCUT2D eigenvalue weighted by Crippen LogP contribution is -2.34. The summed E-state index contributed by atoms with van der Waals surface area (Å²) in [4.78, 5) is 14.2. The SMILES string of the molecule is CC(C)CC(=O)N(Cc1cc(Cl)ccc1OS(C)(=O)=O)CC(C)C. The Bertz CT molecular complexity index is 671. The second-order valence-corrected chi connectivity index (χ2v) is 8.82. The van der Waals surface area contributed by atoms with E-state index in [9.17, 15) is 13.2 Å². The number of carbonyl (C=O) groups excluding carboxylic acids is 1. The van der Waals surface area contributed by atoms with Crippen molar-refractivity contribution in [1.29, 1.82) is 0 Å². The van der Waals surface area contributed by atoms with Crippen LogP contribution < -0.4 is 4.18 Å². The molecule has 0 bridgehead atoms. The summed E-state index contributed by atoms with van der Waals surface area (Å²) in [7, 11) is -3.66. The van der Waals surface area contributed by atoms with Gasteiger partial charge in [-0.05, 0) is 30.0 Å². The van der Waals surface area contributed by atoms with Gasteiger partial charge in [-0.15, -0.1) is 0 Å². The smallest absolute Gasteiger partial charge is 0.306 e. The van der Waals surface area contributed by atoms with Crippen LogP contribution in [0.2, 0.25) is 5.02 Å². The van der Waals surface area contributed by atoms with Gasteiger partial charge in [0.2, 0.25) is 5.91 Å². The summed E-state index contributed by atoms with van der Waals surface area (Å²) >= 11 is 6.03. The summed E-state index contributed by atoms with van der Waals surface area (Å²) in [6.45, 7) is 8.88. The van der Waals surface area contributed by atoms with Crippen LogP contribution >= 0.6 is 11.6 Å². The standard InChI is InChI=1S/C17H26ClNO4S/c1-12(2)8-17(20)19(10-13(3)4)11-14-9-15(18)6-7-16(14)23-24(5,21)22/h6-7,9,12-13H,8,10-11H2,1-5H3. The van der Waals surface area contributed by atoms with Gasteiger partial charge in [-0.2, -0.15) is 8.42 Å². The summed E-state index contributed by atoms with van der Waals surface area (Å²) in [6, 6.07) is 4.71. The second kappa shape index (κ2) is 8.72. The zero-order chi connectivity index (χ0) is 18.5. The topological polar surface area (TPSA) is 63.7 Å². The van der Waals surface area contributed by atoms with Crippen molar-refractivity contribution >= 4 is 27.6 Å². The highest BCUT2D eigenvalue weighted by Gasteiger charge is 2.20. The first-order valence-corrected chi connectivity index (χ1v) is 10.1. The molecule has 0 saturated carbocycles. The first-order valence-electron chi connectivity index (χ1n) is 7.93. The summed E-state index contributed by atoms with van der Waals surface area (Å²) in [5, 5.41) is 0.464. The summed E-state index contributed by atoms with van der Waals surface area (Å²) in [6.07, 6.45) is 1.43. The molecule has 0 fully saturated rings. The fourth-order valence-corrected chi connectivity index (χ4v) is 2.98. The number of amides is 1. The summed E-state index contributed by atoms with van der Waals surface area (Å²) in [5.74, 6) is 0.773. The van der Waals surface area contributed by atoms with Gasteiger partial charge in [0.25, 0.3) is 0 Å². The molecular formula is C17H26ClNO4S. The highest BCUT2D eigenvalue weighted by molar-refractivity contribution is 7.86. The average Bonchev–Trinajstić information content (AvgIpc) is 2.38. The molecule has 136 valence electrons. The number of carbonyl (C=O) groups is 1. The van der Waals surface area contributed by atoms with E-state index in [1.165, 1.54) is 6.07 Å². The van der Waals surface area contributed by atoms with Crippen LogP contribution in [0, 0.1) is 11.8 Å². The van der Waals surface area contributed by atoms with E-state index in [2.05, 4.69) is 0 Å². The molecule has 1 amide bonds. The van der Waals surface area contributed by atoms with E-state index < -0.39 is 10.1 Å². The minimum Gasteiger partial charge on any atom is -0.382 e. The zero-order valence-electron chi connectivity index (χ0n) is 14.9. The molecule has 24 heavy (non-hydrogen) atoms. The lowest BCUT2D eigenvalue weighted by molar-refractivity contribution is -0.133. The van der Waals surface area contributed by atoms with Crippen molar-refractivity contribution in [2.75, 3.05) is 12.8 Å². The quantitative estimate of drug-likeness (QED) is 0.650. The van der Waals surface area contributed by atoms with Gasteiger partial charge in [0, 0.05) is 30.1 Å². The summed E-state index contributed by atoms with van der Waals surface area (Å²) in [5.41, 5.74) is 0.575. The number of rotatable bonds is 8. The molecule has 0 aliphatic heterocycles. The van der Waals surface area contributed by atoms with Crippen molar-refractivity contribution in [3.05, 3.63) is 28.8 Å². The lowest BCUT2D eigenvalue weighted by atomic mass is 10.1. The van der Waals surface area contributed by atoms with Crippen LogP contribution in [0.15, 0.2) is 18.2 Å².